The van der Waals surface area contributed by atoms with Gasteiger partial charge in [-0.05, 0) is 43.4 Å². The van der Waals surface area contributed by atoms with E-state index >= 15 is 0 Å². The van der Waals surface area contributed by atoms with Gasteiger partial charge in [-0.1, -0.05) is 28.1 Å². The molecule has 100 valence electrons. The summed E-state index contributed by atoms with van der Waals surface area (Å²) in [7, 11) is 0. The topological polar surface area (TPSA) is 43.8 Å². The summed E-state index contributed by atoms with van der Waals surface area (Å²) in [6.45, 7) is 3.65. The van der Waals surface area contributed by atoms with Crippen LogP contribution in [0.1, 0.15) is 29.8 Å². The van der Waals surface area contributed by atoms with Crippen molar-refractivity contribution in [1.29, 1.82) is 0 Å². The Morgan fingerprint density at radius 2 is 2.21 bits per heavy atom. The maximum atomic E-state index is 5.88. The van der Waals surface area contributed by atoms with Gasteiger partial charge >= 0.3 is 0 Å². The molecule has 3 nitrogen and oxygen atoms in total. The lowest BCUT2D eigenvalue weighted by Gasteiger charge is -2.15. The van der Waals surface area contributed by atoms with Crippen molar-refractivity contribution >= 4 is 15.9 Å². The molecule has 1 aliphatic rings. The quantitative estimate of drug-likeness (QED) is 0.921. The van der Waals surface area contributed by atoms with Gasteiger partial charge in [0, 0.05) is 28.8 Å². The largest absolute Gasteiger partial charge is 0.325 e. The first-order valence-corrected chi connectivity index (χ1v) is 7.55. The molecule has 1 aromatic carbocycles. The first kappa shape index (κ1) is 12.9. The predicted molar refractivity (Wildman–Crippen MR) is 80.9 cm³/mol. The highest BCUT2D eigenvalue weighted by molar-refractivity contribution is 9.10. The summed E-state index contributed by atoms with van der Waals surface area (Å²) in [6.07, 6.45) is 3.58. The number of halogens is 1. The van der Waals surface area contributed by atoms with Gasteiger partial charge in [0.25, 0.3) is 0 Å². The molecule has 2 aromatic rings. The lowest BCUT2D eigenvalue weighted by atomic mass is 9.97. The number of nitrogens with zero attached hydrogens (tertiary/aromatic N) is 2. The minimum absolute atomic E-state index is 0.504. The smallest absolute Gasteiger partial charge is 0.0841 e. The normalized spacial score (nSPS) is 14.5. The fraction of sp³-hybridized carbons (Fsp3) is 0.400. The van der Waals surface area contributed by atoms with Crippen LogP contribution in [0.3, 0.4) is 0 Å². The van der Waals surface area contributed by atoms with Crippen LogP contribution in [0.25, 0.3) is 11.1 Å². The van der Waals surface area contributed by atoms with Crippen LogP contribution in [0.4, 0.5) is 0 Å². The highest BCUT2D eigenvalue weighted by Gasteiger charge is 2.20. The monoisotopic (exact) mass is 319 g/mol. The maximum Gasteiger partial charge on any atom is 0.0841 e. The van der Waals surface area contributed by atoms with Gasteiger partial charge in [0.2, 0.25) is 0 Å². The zero-order valence-corrected chi connectivity index (χ0v) is 12.7. The second-order valence-electron chi connectivity index (χ2n) is 5.12. The molecule has 0 spiro atoms. The first-order valence-electron chi connectivity index (χ1n) is 6.76. The van der Waals surface area contributed by atoms with E-state index in [1.54, 1.807) is 0 Å². The van der Waals surface area contributed by atoms with E-state index in [0.717, 1.165) is 23.1 Å². The molecule has 19 heavy (non-hydrogen) atoms. The predicted octanol–water partition coefficient (Wildman–Crippen LogP) is 3.42. The molecule has 0 bridgehead atoms. The molecule has 2 heterocycles. The number of nitrogens with two attached hydrogens (primary N) is 1. The van der Waals surface area contributed by atoms with Gasteiger partial charge in [-0.15, -0.1) is 0 Å². The molecule has 1 aromatic heterocycles. The number of hydrogen-bond donors (Lipinski definition) is 1. The minimum atomic E-state index is 0.504. The molecule has 4 heteroatoms. The van der Waals surface area contributed by atoms with Crippen LogP contribution in [-0.4, -0.2) is 9.78 Å². The number of fused-ring (bicyclic) bond motifs is 1. The molecule has 1 aliphatic heterocycles. The standard InChI is InChI=1S/C15H18BrN3/c1-10-8-11(5-6-12(10)16)15-13(9-17)18-19-7-3-2-4-14(15)19/h5-6,8H,2-4,7,9,17H2,1H3. The molecule has 0 fully saturated rings. The maximum absolute atomic E-state index is 5.88. The third-order valence-corrected chi connectivity index (χ3v) is 4.69. The SMILES string of the molecule is Cc1cc(-c2c(CN)nn3c2CCCC3)ccc1Br. The Bertz CT molecular complexity index is 616. The zero-order valence-electron chi connectivity index (χ0n) is 11.1. The van der Waals surface area contributed by atoms with Gasteiger partial charge in [0.15, 0.2) is 0 Å². The number of hydrogen-bond acceptors (Lipinski definition) is 2. The molecule has 0 saturated carbocycles. The Morgan fingerprint density at radius 3 is 2.95 bits per heavy atom. The van der Waals surface area contributed by atoms with Crippen molar-refractivity contribution in [2.45, 2.75) is 39.3 Å². The average Bonchev–Trinajstić information content (AvgIpc) is 2.80. The number of aromatic nitrogens is 2. The van der Waals surface area contributed by atoms with E-state index in [9.17, 15) is 0 Å². The van der Waals surface area contributed by atoms with Gasteiger partial charge in [-0.2, -0.15) is 5.10 Å². The van der Waals surface area contributed by atoms with Crippen molar-refractivity contribution in [3.05, 3.63) is 39.6 Å². The van der Waals surface area contributed by atoms with Gasteiger partial charge < -0.3 is 5.73 Å². The molecule has 0 amide bonds. The summed E-state index contributed by atoms with van der Waals surface area (Å²) in [6, 6.07) is 6.48. The average molecular weight is 320 g/mol. The number of rotatable bonds is 2. The van der Waals surface area contributed by atoms with Crippen LogP contribution in [-0.2, 0) is 19.5 Å². The van der Waals surface area contributed by atoms with Crippen molar-refractivity contribution in [2.24, 2.45) is 5.73 Å². The Morgan fingerprint density at radius 1 is 1.37 bits per heavy atom. The van der Waals surface area contributed by atoms with Crippen LogP contribution in [0.2, 0.25) is 0 Å². The molecule has 3 rings (SSSR count). The molecular formula is C15H18BrN3. The highest BCUT2D eigenvalue weighted by Crippen LogP contribution is 2.33. The minimum Gasteiger partial charge on any atom is -0.325 e. The molecule has 0 radical (unpaired) electrons. The van der Waals surface area contributed by atoms with Crippen molar-refractivity contribution < 1.29 is 0 Å². The second-order valence-corrected chi connectivity index (χ2v) is 5.97. The van der Waals surface area contributed by atoms with E-state index < -0.39 is 0 Å². The van der Waals surface area contributed by atoms with E-state index in [1.165, 1.54) is 35.2 Å². The fourth-order valence-corrected chi connectivity index (χ4v) is 3.07. The summed E-state index contributed by atoms with van der Waals surface area (Å²) >= 11 is 3.56. The molecular weight excluding hydrogens is 302 g/mol. The van der Waals surface area contributed by atoms with E-state index in [-0.39, 0.29) is 0 Å². The Labute approximate surface area is 121 Å². The van der Waals surface area contributed by atoms with Gasteiger partial charge in [0.1, 0.15) is 0 Å². The molecule has 0 atom stereocenters. The lowest BCUT2D eigenvalue weighted by molar-refractivity contribution is 0.484. The van der Waals surface area contributed by atoms with E-state index in [4.69, 9.17) is 5.73 Å². The van der Waals surface area contributed by atoms with Crippen molar-refractivity contribution in [1.82, 2.24) is 9.78 Å². The van der Waals surface area contributed by atoms with E-state index in [2.05, 4.69) is 50.8 Å². The Balaban J connectivity index is 2.17. The van der Waals surface area contributed by atoms with Crippen LogP contribution in [0, 0.1) is 6.92 Å². The highest BCUT2D eigenvalue weighted by atomic mass is 79.9. The van der Waals surface area contributed by atoms with Gasteiger partial charge in [-0.25, -0.2) is 0 Å². The Hall–Kier alpha value is -1.13. The molecule has 2 N–H and O–H groups in total. The first-order chi connectivity index (χ1) is 9.20. The second kappa shape index (κ2) is 5.10. The van der Waals surface area contributed by atoms with Crippen LogP contribution >= 0.6 is 15.9 Å². The number of benzene rings is 1. The van der Waals surface area contributed by atoms with Crippen molar-refractivity contribution in [3.8, 4) is 11.1 Å². The van der Waals surface area contributed by atoms with Gasteiger partial charge in [-0.3, -0.25) is 4.68 Å². The van der Waals surface area contributed by atoms with E-state index in [0.29, 0.717) is 6.54 Å². The fourth-order valence-electron chi connectivity index (χ4n) is 2.82. The van der Waals surface area contributed by atoms with Gasteiger partial charge in [0.05, 0.1) is 5.69 Å². The summed E-state index contributed by atoms with van der Waals surface area (Å²) in [5, 5.41) is 4.68. The number of aryl methyl sites for hydroxylation is 2. The lowest BCUT2D eigenvalue weighted by Crippen LogP contribution is -2.11. The third kappa shape index (κ3) is 2.23. The molecule has 0 aliphatic carbocycles. The summed E-state index contributed by atoms with van der Waals surface area (Å²) in [5.41, 5.74) is 12.0. The third-order valence-electron chi connectivity index (χ3n) is 3.80. The molecule has 0 saturated heterocycles. The summed E-state index contributed by atoms with van der Waals surface area (Å²) < 4.78 is 3.30. The van der Waals surface area contributed by atoms with E-state index in [1.807, 2.05) is 0 Å². The van der Waals surface area contributed by atoms with Crippen molar-refractivity contribution in [2.75, 3.05) is 0 Å². The summed E-state index contributed by atoms with van der Waals surface area (Å²) in [4.78, 5) is 0. The van der Waals surface area contributed by atoms with Crippen LogP contribution < -0.4 is 5.73 Å². The zero-order chi connectivity index (χ0) is 13.4. The Kier molecular flexibility index (Phi) is 3.46. The van der Waals surface area contributed by atoms with Crippen molar-refractivity contribution in [3.63, 3.8) is 0 Å². The van der Waals surface area contributed by atoms with Crippen LogP contribution in [0.5, 0.6) is 0 Å². The molecule has 0 unspecified atom stereocenters. The summed E-state index contributed by atoms with van der Waals surface area (Å²) in [5.74, 6) is 0. The van der Waals surface area contributed by atoms with Crippen LogP contribution in [0.15, 0.2) is 22.7 Å².